The average Bonchev–Trinajstić information content (AvgIpc) is 2.71. The van der Waals surface area contributed by atoms with Crippen LogP contribution in [0.25, 0.3) is 0 Å². The SMILES string of the molecule is C=C(C)C(=O)OCCCCOC(C)OCC12CC3CC(C1)CC(C(=O)OCC(C)(F)F)(C3)C2. The predicted octanol–water partition coefficient (Wildman–Crippen LogP) is 5.05. The zero-order valence-electron chi connectivity index (χ0n) is 20.1. The minimum Gasteiger partial charge on any atom is -0.462 e. The summed E-state index contributed by atoms with van der Waals surface area (Å²) in [4.78, 5) is 24.2. The molecular formula is C25H38F2O6. The van der Waals surface area contributed by atoms with E-state index in [1.165, 1.54) is 0 Å². The summed E-state index contributed by atoms with van der Waals surface area (Å²) in [6, 6.07) is 0. The summed E-state index contributed by atoms with van der Waals surface area (Å²) in [5.74, 6) is -3.02. The van der Waals surface area contributed by atoms with Crippen molar-refractivity contribution in [1.29, 1.82) is 0 Å². The number of esters is 2. The van der Waals surface area contributed by atoms with E-state index in [0.717, 1.165) is 45.4 Å². The summed E-state index contributed by atoms with van der Waals surface area (Å²) >= 11 is 0. The number of hydrogen-bond donors (Lipinski definition) is 0. The van der Waals surface area contributed by atoms with Gasteiger partial charge in [-0.1, -0.05) is 6.58 Å². The molecule has 0 saturated heterocycles. The van der Waals surface area contributed by atoms with Gasteiger partial charge in [-0.25, -0.2) is 13.6 Å². The van der Waals surface area contributed by atoms with Crippen LogP contribution < -0.4 is 0 Å². The normalized spacial score (nSPS) is 31.3. The maximum atomic E-state index is 13.2. The molecule has 4 aliphatic rings. The molecule has 0 amide bonds. The molecule has 3 unspecified atom stereocenters. The van der Waals surface area contributed by atoms with Gasteiger partial charge in [0.15, 0.2) is 12.9 Å². The number of unbranched alkanes of at least 4 members (excludes halogenated alkanes) is 1. The molecule has 4 rings (SSSR count). The molecular weight excluding hydrogens is 434 g/mol. The molecule has 3 atom stereocenters. The lowest BCUT2D eigenvalue weighted by atomic mass is 9.44. The highest BCUT2D eigenvalue weighted by atomic mass is 19.3. The zero-order valence-corrected chi connectivity index (χ0v) is 20.1. The van der Waals surface area contributed by atoms with Gasteiger partial charge in [0, 0.05) is 19.1 Å². The van der Waals surface area contributed by atoms with Gasteiger partial charge < -0.3 is 18.9 Å². The van der Waals surface area contributed by atoms with Crippen LogP contribution in [0.1, 0.15) is 72.1 Å². The van der Waals surface area contributed by atoms with E-state index >= 15 is 0 Å². The van der Waals surface area contributed by atoms with E-state index in [2.05, 4.69) is 6.58 Å². The van der Waals surface area contributed by atoms with Gasteiger partial charge in [0.1, 0.15) is 0 Å². The summed E-state index contributed by atoms with van der Waals surface area (Å²) in [6.45, 7) is 8.24. The number of carbonyl (C=O) groups is 2. The topological polar surface area (TPSA) is 71.1 Å². The average molecular weight is 473 g/mol. The Morgan fingerprint density at radius 1 is 1.06 bits per heavy atom. The second-order valence-corrected chi connectivity index (χ2v) is 10.8. The van der Waals surface area contributed by atoms with E-state index < -0.39 is 30.2 Å². The fourth-order valence-corrected chi connectivity index (χ4v) is 6.29. The molecule has 6 nitrogen and oxygen atoms in total. The van der Waals surface area contributed by atoms with Crippen molar-refractivity contribution in [2.45, 2.75) is 84.4 Å². The van der Waals surface area contributed by atoms with Crippen LogP contribution >= 0.6 is 0 Å². The van der Waals surface area contributed by atoms with Crippen molar-refractivity contribution in [2.75, 3.05) is 26.4 Å². The number of rotatable bonds is 13. The Bertz CT molecular complexity index is 717. The van der Waals surface area contributed by atoms with Crippen molar-refractivity contribution in [3.05, 3.63) is 12.2 Å². The van der Waals surface area contributed by atoms with E-state index in [-0.39, 0.29) is 11.4 Å². The number of ether oxygens (including phenoxy) is 4. The molecule has 0 heterocycles. The molecule has 4 saturated carbocycles. The Morgan fingerprint density at radius 2 is 1.70 bits per heavy atom. The lowest BCUT2D eigenvalue weighted by Crippen LogP contribution is -2.57. The van der Waals surface area contributed by atoms with Crippen LogP contribution in [0.15, 0.2) is 12.2 Å². The molecule has 0 radical (unpaired) electrons. The maximum absolute atomic E-state index is 13.2. The molecule has 4 aliphatic carbocycles. The molecule has 8 heteroatoms. The highest BCUT2D eigenvalue weighted by Crippen LogP contribution is 2.65. The summed E-state index contributed by atoms with van der Waals surface area (Å²) in [5, 5.41) is 0. The fraction of sp³-hybridized carbons (Fsp3) is 0.840. The standard InChI is InChI=1S/C25H38F2O6/c1-17(2)21(28)31-8-6-5-7-30-18(3)32-16-24-10-19-9-20(11-24)13-25(12-19,14-24)22(29)33-15-23(4,26)27/h18-20H,1,5-16H2,2-4H3. The molecule has 0 N–H and O–H groups in total. The highest BCUT2D eigenvalue weighted by molar-refractivity contribution is 5.86. The Balaban J connectivity index is 1.43. The van der Waals surface area contributed by atoms with Crippen molar-refractivity contribution in [1.82, 2.24) is 0 Å². The quantitative estimate of drug-likeness (QED) is 0.162. The van der Waals surface area contributed by atoms with Crippen LogP contribution in [0.5, 0.6) is 0 Å². The van der Waals surface area contributed by atoms with E-state index in [1.807, 2.05) is 6.92 Å². The molecule has 188 valence electrons. The second-order valence-electron chi connectivity index (χ2n) is 10.8. The summed E-state index contributed by atoms with van der Waals surface area (Å²) in [7, 11) is 0. The number of hydrogen-bond acceptors (Lipinski definition) is 6. The number of carbonyl (C=O) groups excluding carboxylic acids is 2. The summed E-state index contributed by atoms with van der Waals surface area (Å²) < 4.78 is 48.4. The van der Waals surface area contributed by atoms with Crippen LogP contribution in [0.4, 0.5) is 8.78 Å². The van der Waals surface area contributed by atoms with Crippen molar-refractivity contribution in [3.63, 3.8) is 0 Å². The smallest absolute Gasteiger partial charge is 0.333 e. The van der Waals surface area contributed by atoms with Gasteiger partial charge in [0.2, 0.25) is 0 Å². The van der Waals surface area contributed by atoms with Gasteiger partial charge in [0.05, 0.1) is 18.6 Å². The first-order valence-corrected chi connectivity index (χ1v) is 12.0. The van der Waals surface area contributed by atoms with Crippen LogP contribution in [0, 0.1) is 22.7 Å². The molecule has 33 heavy (non-hydrogen) atoms. The molecule has 0 aromatic rings. The monoisotopic (exact) mass is 472 g/mol. The Morgan fingerprint density at radius 3 is 2.30 bits per heavy atom. The van der Waals surface area contributed by atoms with Crippen molar-refractivity contribution in [3.8, 4) is 0 Å². The van der Waals surface area contributed by atoms with Gasteiger partial charge in [-0.05, 0) is 82.5 Å². The minimum absolute atomic E-state index is 0.119. The lowest BCUT2D eigenvalue weighted by molar-refractivity contribution is -0.208. The third-order valence-corrected chi connectivity index (χ3v) is 7.17. The van der Waals surface area contributed by atoms with Crippen molar-refractivity contribution < 1.29 is 37.3 Å². The maximum Gasteiger partial charge on any atom is 0.333 e. The van der Waals surface area contributed by atoms with E-state index in [9.17, 15) is 18.4 Å². The van der Waals surface area contributed by atoms with E-state index in [4.69, 9.17) is 18.9 Å². The molecule has 0 aliphatic heterocycles. The number of alkyl halides is 2. The van der Waals surface area contributed by atoms with E-state index in [0.29, 0.717) is 50.1 Å². The fourth-order valence-electron chi connectivity index (χ4n) is 6.29. The lowest BCUT2D eigenvalue weighted by Gasteiger charge is -2.60. The van der Waals surface area contributed by atoms with Gasteiger partial charge >= 0.3 is 11.9 Å². The van der Waals surface area contributed by atoms with Crippen LogP contribution in [0.2, 0.25) is 0 Å². The third-order valence-electron chi connectivity index (χ3n) is 7.17. The molecule has 0 aromatic heterocycles. The van der Waals surface area contributed by atoms with E-state index in [1.54, 1.807) is 6.92 Å². The van der Waals surface area contributed by atoms with Gasteiger partial charge in [-0.2, -0.15) is 0 Å². The zero-order chi connectivity index (χ0) is 24.3. The molecule has 4 bridgehead atoms. The first-order valence-electron chi connectivity index (χ1n) is 12.0. The van der Waals surface area contributed by atoms with Crippen LogP contribution in [-0.4, -0.2) is 50.6 Å². The van der Waals surface area contributed by atoms with Gasteiger partial charge in [0.25, 0.3) is 5.92 Å². The molecule has 0 aromatic carbocycles. The predicted molar refractivity (Wildman–Crippen MR) is 118 cm³/mol. The van der Waals surface area contributed by atoms with Gasteiger partial charge in [-0.3, -0.25) is 4.79 Å². The molecule has 0 spiro atoms. The third kappa shape index (κ3) is 6.98. The summed E-state index contributed by atoms with van der Waals surface area (Å²) in [5.41, 5.74) is -0.382. The summed E-state index contributed by atoms with van der Waals surface area (Å²) in [6.07, 6.45) is 6.27. The van der Waals surface area contributed by atoms with Crippen LogP contribution in [0.3, 0.4) is 0 Å². The largest absolute Gasteiger partial charge is 0.462 e. The van der Waals surface area contributed by atoms with Crippen LogP contribution in [-0.2, 0) is 28.5 Å². The van der Waals surface area contributed by atoms with Crippen molar-refractivity contribution >= 4 is 11.9 Å². The highest BCUT2D eigenvalue weighted by Gasteiger charge is 2.61. The first-order chi connectivity index (χ1) is 15.4. The number of halogens is 2. The Kier molecular flexibility index (Phi) is 8.20. The Labute approximate surface area is 195 Å². The Hall–Kier alpha value is -1.54. The van der Waals surface area contributed by atoms with Crippen molar-refractivity contribution in [2.24, 2.45) is 22.7 Å². The second kappa shape index (κ2) is 10.4. The van der Waals surface area contributed by atoms with Gasteiger partial charge in [-0.15, -0.1) is 0 Å². The minimum atomic E-state index is -3.02. The first kappa shape index (κ1) is 26.1. The molecule has 4 fully saturated rings.